The fourth-order valence-electron chi connectivity index (χ4n) is 2.98. The van der Waals surface area contributed by atoms with E-state index in [1.807, 2.05) is 0 Å². The number of hydrogen-bond donors (Lipinski definition) is 0. The lowest BCUT2D eigenvalue weighted by molar-refractivity contribution is 0.607. The van der Waals surface area contributed by atoms with Gasteiger partial charge in [0.15, 0.2) is 0 Å². The Kier molecular flexibility index (Phi) is 7.86. The van der Waals surface area contributed by atoms with Gasteiger partial charge in [-0.25, -0.2) is 0 Å². The predicted molar refractivity (Wildman–Crippen MR) is 101 cm³/mol. The number of aromatic nitrogens is 1. The second-order valence-electron chi connectivity index (χ2n) is 6.52. The van der Waals surface area contributed by atoms with Crippen molar-refractivity contribution in [2.24, 2.45) is 0 Å². The van der Waals surface area contributed by atoms with Crippen LogP contribution in [0.3, 0.4) is 0 Å². The van der Waals surface area contributed by atoms with Crippen LogP contribution in [-0.2, 0) is 12.8 Å². The van der Waals surface area contributed by atoms with Gasteiger partial charge in [0.25, 0.3) is 0 Å². The molecule has 0 spiro atoms. The van der Waals surface area contributed by atoms with Crippen molar-refractivity contribution >= 4 is 0 Å². The monoisotopic (exact) mass is 309 g/mol. The molecule has 0 aliphatic carbocycles. The highest BCUT2D eigenvalue weighted by atomic mass is 14.7. The Morgan fingerprint density at radius 3 is 2.00 bits per heavy atom. The number of benzene rings is 1. The summed E-state index contributed by atoms with van der Waals surface area (Å²) in [5, 5.41) is 0. The average molecular weight is 309 g/mol. The lowest BCUT2D eigenvalue weighted by Gasteiger charge is -2.05. The van der Waals surface area contributed by atoms with Gasteiger partial charge >= 0.3 is 0 Å². The van der Waals surface area contributed by atoms with Crippen molar-refractivity contribution in [2.45, 2.75) is 71.6 Å². The normalized spacial score (nSPS) is 10.9. The summed E-state index contributed by atoms with van der Waals surface area (Å²) in [6.07, 6.45) is 13.7. The molecule has 2 aromatic rings. The van der Waals surface area contributed by atoms with Crippen LogP contribution in [0.1, 0.15) is 69.9 Å². The van der Waals surface area contributed by atoms with Gasteiger partial charge in [0.05, 0.1) is 5.69 Å². The van der Waals surface area contributed by atoms with Crippen LogP contribution in [0.4, 0.5) is 0 Å². The SMILES string of the molecule is CCCCCCCCc1ccc(-c2ccc(CCC)cc2)nc1. The minimum atomic E-state index is 1.08. The second-order valence-corrected chi connectivity index (χ2v) is 6.52. The van der Waals surface area contributed by atoms with Gasteiger partial charge in [-0.3, -0.25) is 4.98 Å². The Labute approximate surface area is 142 Å². The third-order valence-corrected chi connectivity index (χ3v) is 4.43. The van der Waals surface area contributed by atoms with E-state index in [0.717, 1.165) is 18.5 Å². The first-order chi connectivity index (χ1) is 11.3. The standard InChI is InChI=1S/C22H31N/c1-3-5-6-7-8-9-11-20-14-17-22(23-18-20)21-15-12-19(10-4-2)13-16-21/h12-18H,3-11H2,1-2H3. The van der Waals surface area contributed by atoms with E-state index >= 15 is 0 Å². The van der Waals surface area contributed by atoms with Crippen LogP contribution >= 0.6 is 0 Å². The summed E-state index contributed by atoms with van der Waals surface area (Å²) in [7, 11) is 0. The highest BCUT2D eigenvalue weighted by Crippen LogP contribution is 2.19. The van der Waals surface area contributed by atoms with Crippen molar-refractivity contribution in [1.82, 2.24) is 4.98 Å². The quantitative estimate of drug-likeness (QED) is 0.450. The van der Waals surface area contributed by atoms with Crippen LogP contribution < -0.4 is 0 Å². The van der Waals surface area contributed by atoms with Gasteiger partial charge < -0.3 is 0 Å². The molecule has 1 aromatic carbocycles. The molecular weight excluding hydrogens is 278 g/mol. The summed E-state index contributed by atoms with van der Waals surface area (Å²) in [4.78, 5) is 4.65. The van der Waals surface area contributed by atoms with E-state index in [9.17, 15) is 0 Å². The van der Waals surface area contributed by atoms with Crippen LogP contribution in [0, 0.1) is 0 Å². The summed E-state index contributed by atoms with van der Waals surface area (Å²) in [6, 6.07) is 13.3. The number of rotatable bonds is 10. The van der Waals surface area contributed by atoms with Crippen LogP contribution in [0.2, 0.25) is 0 Å². The number of nitrogens with zero attached hydrogens (tertiary/aromatic N) is 1. The molecule has 1 aromatic heterocycles. The fourth-order valence-corrected chi connectivity index (χ4v) is 2.98. The van der Waals surface area contributed by atoms with Crippen molar-refractivity contribution in [3.05, 3.63) is 53.7 Å². The minimum Gasteiger partial charge on any atom is -0.256 e. The number of unbranched alkanes of at least 4 members (excludes halogenated alkanes) is 5. The zero-order valence-corrected chi connectivity index (χ0v) is 14.9. The molecule has 0 N–H and O–H groups in total. The van der Waals surface area contributed by atoms with Crippen molar-refractivity contribution in [3.63, 3.8) is 0 Å². The van der Waals surface area contributed by atoms with E-state index in [0.29, 0.717) is 0 Å². The van der Waals surface area contributed by atoms with Crippen molar-refractivity contribution < 1.29 is 0 Å². The number of hydrogen-bond acceptors (Lipinski definition) is 1. The van der Waals surface area contributed by atoms with E-state index in [2.05, 4.69) is 61.4 Å². The van der Waals surface area contributed by atoms with E-state index in [4.69, 9.17) is 0 Å². The highest BCUT2D eigenvalue weighted by molar-refractivity contribution is 5.59. The molecule has 0 unspecified atom stereocenters. The summed E-state index contributed by atoms with van der Waals surface area (Å²) >= 11 is 0. The molecule has 1 nitrogen and oxygen atoms in total. The van der Waals surface area contributed by atoms with E-state index in [1.165, 1.54) is 61.6 Å². The molecule has 0 saturated heterocycles. The molecule has 1 heterocycles. The van der Waals surface area contributed by atoms with Gasteiger partial charge in [-0.15, -0.1) is 0 Å². The summed E-state index contributed by atoms with van der Waals surface area (Å²) in [5.74, 6) is 0. The maximum Gasteiger partial charge on any atom is 0.0702 e. The predicted octanol–water partition coefficient (Wildman–Crippen LogP) is 6.60. The Hall–Kier alpha value is -1.63. The molecule has 0 aliphatic rings. The Morgan fingerprint density at radius 2 is 1.35 bits per heavy atom. The molecule has 0 amide bonds. The third kappa shape index (κ3) is 6.17. The first kappa shape index (κ1) is 17.7. The van der Waals surface area contributed by atoms with E-state index in [-0.39, 0.29) is 0 Å². The Balaban J connectivity index is 1.81. The van der Waals surface area contributed by atoms with Gasteiger partial charge in [0, 0.05) is 11.8 Å². The van der Waals surface area contributed by atoms with Gasteiger partial charge in [0.2, 0.25) is 0 Å². The smallest absolute Gasteiger partial charge is 0.0702 e. The lowest BCUT2D eigenvalue weighted by Crippen LogP contribution is -1.90. The van der Waals surface area contributed by atoms with E-state index in [1.54, 1.807) is 0 Å². The fraction of sp³-hybridized carbons (Fsp3) is 0.500. The molecule has 0 bridgehead atoms. The molecule has 23 heavy (non-hydrogen) atoms. The van der Waals surface area contributed by atoms with Crippen LogP contribution in [0.5, 0.6) is 0 Å². The lowest BCUT2D eigenvalue weighted by atomic mass is 10.0. The summed E-state index contributed by atoms with van der Waals surface area (Å²) < 4.78 is 0. The summed E-state index contributed by atoms with van der Waals surface area (Å²) in [6.45, 7) is 4.49. The third-order valence-electron chi connectivity index (χ3n) is 4.43. The number of aryl methyl sites for hydroxylation is 2. The van der Waals surface area contributed by atoms with Crippen molar-refractivity contribution in [1.29, 1.82) is 0 Å². The zero-order valence-electron chi connectivity index (χ0n) is 14.9. The van der Waals surface area contributed by atoms with Crippen molar-refractivity contribution in [2.75, 3.05) is 0 Å². The van der Waals surface area contributed by atoms with Crippen LogP contribution in [0.15, 0.2) is 42.6 Å². The van der Waals surface area contributed by atoms with E-state index < -0.39 is 0 Å². The molecular formula is C22H31N. The maximum atomic E-state index is 4.65. The maximum absolute atomic E-state index is 4.65. The Morgan fingerprint density at radius 1 is 0.652 bits per heavy atom. The molecule has 0 aliphatic heterocycles. The molecule has 0 radical (unpaired) electrons. The van der Waals surface area contributed by atoms with Crippen molar-refractivity contribution in [3.8, 4) is 11.3 Å². The van der Waals surface area contributed by atoms with Gasteiger partial charge in [-0.2, -0.15) is 0 Å². The van der Waals surface area contributed by atoms with Gasteiger partial charge in [0.1, 0.15) is 0 Å². The topological polar surface area (TPSA) is 12.9 Å². The molecule has 1 heteroatoms. The molecule has 0 atom stereocenters. The van der Waals surface area contributed by atoms with Gasteiger partial charge in [-0.05, 0) is 36.5 Å². The Bertz CT molecular complexity index is 539. The molecule has 2 rings (SSSR count). The highest BCUT2D eigenvalue weighted by Gasteiger charge is 2.01. The second kappa shape index (κ2) is 10.2. The van der Waals surface area contributed by atoms with Gasteiger partial charge in [-0.1, -0.05) is 82.7 Å². The molecule has 124 valence electrons. The van der Waals surface area contributed by atoms with Crippen LogP contribution in [-0.4, -0.2) is 4.98 Å². The zero-order chi connectivity index (χ0) is 16.3. The van der Waals surface area contributed by atoms with Crippen LogP contribution in [0.25, 0.3) is 11.3 Å². The molecule has 0 saturated carbocycles. The minimum absolute atomic E-state index is 1.08. The summed E-state index contributed by atoms with van der Waals surface area (Å²) in [5.41, 5.74) is 5.08. The average Bonchev–Trinajstić information content (AvgIpc) is 2.60. The largest absolute Gasteiger partial charge is 0.256 e. The number of pyridine rings is 1. The molecule has 0 fully saturated rings. The first-order valence-electron chi connectivity index (χ1n) is 9.37. The first-order valence-corrected chi connectivity index (χ1v) is 9.37.